The van der Waals surface area contributed by atoms with Crippen molar-refractivity contribution < 1.29 is 4.79 Å². The fourth-order valence-electron chi connectivity index (χ4n) is 2.77. The Morgan fingerprint density at radius 1 is 1.17 bits per heavy atom. The van der Waals surface area contributed by atoms with Gasteiger partial charge in [-0.25, -0.2) is 0 Å². The van der Waals surface area contributed by atoms with E-state index in [-0.39, 0.29) is 5.91 Å². The van der Waals surface area contributed by atoms with Gasteiger partial charge < -0.3 is 10.2 Å². The molecule has 0 radical (unpaired) electrons. The van der Waals surface area contributed by atoms with Crippen molar-refractivity contribution in [3.63, 3.8) is 0 Å². The van der Waals surface area contributed by atoms with E-state index in [1.165, 1.54) is 31.5 Å². The molecule has 2 aromatic rings. The molecule has 1 saturated heterocycles. The van der Waals surface area contributed by atoms with E-state index in [0.717, 1.165) is 24.2 Å². The molecule has 0 atom stereocenters. The third-order valence-electron chi connectivity index (χ3n) is 4.11. The number of nitrogens with one attached hydrogen (secondary N) is 1. The molecule has 1 fully saturated rings. The number of benzene rings is 1. The average molecular weight is 326 g/mol. The first kappa shape index (κ1) is 16.0. The largest absolute Gasteiger partial charge is 0.323 e. The molecule has 0 saturated carbocycles. The zero-order valence-corrected chi connectivity index (χ0v) is 14.0. The summed E-state index contributed by atoms with van der Waals surface area (Å²) in [6.07, 6.45) is 7.15. The van der Waals surface area contributed by atoms with E-state index < -0.39 is 0 Å². The molecule has 1 aliphatic rings. The van der Waals surface area contributed by atoms with E-state index in [9.17, 15) is 4.79 Å². The highest BCUT2D eigenvalue weighted by atomic mass is 32.1. The first-order valence-corrected chi connectivity index (χ1v) is 9.06. The molecule has 3 nitrogen and oxygen atoms in total. The van der Waals surface area contributed by atoms with Crippen molar-refractivity contribution in [3.05, 3.63) is 58.3 Å². The van der Waals surface area contributed by atoms with Gasteiger partial charge in [0.1, 0.15) is 0 Å². The van der Waals surface area contributed by atoms with Crippen LogP contribution in [-0.2, 0) is 11.2 Å². The maximum absolute atomic E-state index is 11.9. The van der Waals surface area contributed by atoms with Gasteiger partial charge in [0.25, 0.3) is 0 Å². The monoisotopic (exact) mass is 326 g/mol. The Bertz CT molecular complexity index is 641. The van der Waals surface area contributed by atoms with Crippen LogP contribution >= 0.6 is 11.3 Å². The SMILES string of the molecule is O=C(/C=C/c1ccsc1)Nc1ccc(CCN2CCCC2)cc1. The Morgan fingerprint density at radius 2 is 1.96 bits per heavy atom. The van der Waals surface area contributed by atoms with Crippen LogP contribution in [0.25, 0.3) is 6.08 Å². The fraction of sp³-hybridized carbons (Fsp3) is 0.316. The summed E-state index contributed by atoms with van der Waals surface area (Å²) in [5, 5.41) is 6.91. The molecular weight excluding hydrogens is 304 g/mol. The number of anilines is 1. The Hall–Kier alpha value is -1.91. The summed E-state index contributed by atoms with van der Waals surface area (Å²) < 4.78 is 0. The van der Waals surface area contributed by atoms with Crippen molar-refractivity contribution in [1.82, 2.24) is 4.90 Å². The minimum atomic E-state index is -0.0963. The van der Waals surface area contributed by atoms with Crippen molar-refractivity contribution in [2.24, 2.45) is 0 Å². The minimum absolute atomic E-state index is 0.0963. The number of amides is 1. The number of thiophene rings is 1. The Labute approximate surface area is 141 Å². The standard InChI is InChI=1S/C19H22N2OS/c22-19(8-5-17-10-14-23-15-17)20-18-6-3-16(4-7-18)9-13-21-11-1-2-12-21/h3-8,10,14-15H,1-2,9,11-13H2,(H,20,22)/b8-5+. The number of rotatable bonds is 6. The van der Waals surface area contributed by atoms with Crippen LogP contribution < -0.4 is 5.32 Å². The Kier molecular flexibility index (Phi) is 5.61. The molecule has 0 spiro atoms. The summed E-state index contributed by atoms with van der Waals surface area (Å²) in [5.41, 5.74) is 3.22. The highest BCUT2D eigenvalue weighted by Gasteiger charge is 2.10. The lowest BCUT2D eigenvalue weighted by Crippen LogP contribution is -2.21. The molecular formula is C19H22N2OS. The van der Waals surface area contributed by atoms with E-state index in [4.69, 9.17) is 0 Å². The second-order valence-corrected chi connectivity index (χ2v) is 6.65. The van der Waals surface area contributed by atoms with Crippen molar-refractivity contribution in [1.29, 1.82) is 0 Å². The summed E-state index contributed by atoms with van der Waals surface area (Å²) in [6.45, 7) is 3.62. The highest BCUT2D eigenvalue weighted by molar-refractivity contribution is 7.08. The van der Waals surface area contributed by atoms with E-state index in [0.29, 0.717) is 0 Å². The predicted octanol–water partition coefficient (Wildman–Crippen LogP) is 4.04. The third kappa shape index (κ3) is 5.05. The van der Waals surface area contributed by atoms with Gasteiger partial charge in [0, 0.05) is 18.3 Å². The first-order chi connectivity index (χ1) is 11.3. The normalized spacial score (nSPS) is 15.3. The summed E-state index contributed by atoms with van der Waals surface area (Å²) in [6, 6.07) is 10.2. The summed E-state index contributed by atoms with van der Waals surface area (Å²) in [5.74, 6) is -0.0963. The average Bonchev–Trinajstić information content (AvgIpc) is 3.26. The van der Waals surface area contributed by atoms with E-state index >= 15 is 0 Å². The molecule has 1 aromatic carbocycles. The quantitative estimate of drug-likeness (QED) is 0.813. The topological polar surface area (TPSA) is 32.3 Å². The summed E-state index contributed by atoms with van der Waals surface area (Å²) >= 11 is 1.62. The van der Waals surface area contributed by atoms with Gasteiger partial charge in [-0.15, -0.1) is 0 Å². The van der Waals surface area contributed by atoms with Crippen LogP contribution in [0.3, 0.4) is 0 Å². The number of hydrogen-bond donors (Lipinski definition) is 1. The van der Waals surface area contributed by atoms with Crippen molar-refractivity contribution in [2.45, 2.75) is 19.3 Å². The number of likely N-dealkylation sites (tertiary alicyclic amines) is 1. The van der Waals surface area contributed by atoms with E-state index in [1.54, 1.807) is 17.4 Å². The lowest BCUT2D eigenvalue weighted by Gasteiger charge is -2.14. The van der Waals surface area contributed by atoms with E-state index in [1.807, 2.05) is 35.0 Å². The molecule has 0 bridgehead atoms. The second-order valence-electron chi connectivity index (χ2n) is 5.87. The predicted molar refractivity (Wildman–Crippen MR) is 97.8 cm³/mol. The highest BCUT2D eigenvalue weighted by Crippen LogP contribution is 2.13. The van der Waals surface area contributed by atoms with Crippen LogP contribution in [0.2, 0.25) is 0 Å². The van der Waals surface area contributed by atoms with Crippen LogP contribution in [-0.4, -0.2) is 30.4 Å². The van der Waals surface area contributed by atoms with Crippen LogP contribution in [0.5, 0.6) is 0 Å². The van der Waals surface area contributed by atoms with Crippen LogP contribution in [0, 0.1) is 0 Å². The van der Waals surface area contributed by atoms with Gasteiger partial charge in [-0.3, -0.25) is 4.79 Å². The maximum Gasteiger partial charge on any atom is 0.248 e. The lowest BCUT2D eigenvalue weighted by molar-refractivity contribution is -0.111. The number of nitrogens with zero attached hydrogens (tertiary/aromatic N) is 1. The van der Waals surface area contributed by atoms with Gasteiger partial charge in [-0.05, 0) is 78.5 Å². The molecule has 0 aliphatic carbocycles. The zero-order chi connectivity index (χ0) is 15.9. The van der Waals surface area contributed by atoms with Crippen molar-refractivity contribution >= 4 is 29.0 Å². The Morgan fingerprint density at radius 3 is 2.65 bits per heavy atom. The zero-order valence-electron chi connectivity index (χ0n) is 13.2. The molecule has 1 aromatic heterocycles. The van der Waals surface area contributed by atoms with Gasteiger partial charge >= 0.3 is 0 Å². The summed E-state index contributed by atoms with van der Waals surface area (Å²) in [4.78, 5) is 14.4. The number of carbonyl (C=O) groups excluding carboxylic acids is 1. The van der Waals surface area contributed by atoms with Crippen molar-refractivity contribution in [2.75, 3.05) is 25.0 Å². The van der Waals surface area contributed by atoms with Gasteiger partial charge in [0.15, 0.2) is 0 Å². The van der Waals surface area contributed by atoms with Gasteiger partial charge in [-0.1, -0.05) is 12.1 Å². The number of hydrogen-bond acceptors (Lipinski definition) is 3. The molecule has 1 N–H and O–H groups in total. The molecule has 23 heavy (non-hydrogen) atoms. The van der Waals surface area contributed by atoms with Crippen LogP contribution in [0.1, 0.15) is 24.0 Å². The van der Waals surface area contributed by atoms with Crippen molar-refractivity contribution in [3.8, 4) is 0 Å². The lowest BCUT2D eigenvalue weighted by atomic mass is 10.1. The molecule has 120 valence electrons. The smallest absolute Gasteiger partial charge is 0.248 e. The molecule has 2 heterocycles. The third-order valence-corrected chi connectivity index (χ3v) is 4.81. The summed E-state index contributed by atoms with van der Waals surface area (Å²) in [7, 11) is 0. The molecule has 1 aliphatic heterocycles. The van der Waals surface area contributed by atoms with Gasteiger partial charge in [0.2, 0.25) is 5.91 Å². The van der Waals surface area contributed by atoms with Crippen LogP contribution in [0.4, 0.5) is 5.69 Å². The Balaban J connectivity index is 1.47. The van der Waals surface area contributed by atoms with Crippen LogP contribution in [0.15, 0.2) is 47.2 Å². The van der Waals surface area contributed by atoms with E-state index in [2.05, 4.69) is 22.3 Å². The molecule has 3 rings (SSSR count). The minimum Gasteiger partial charge on any atom is -0.323 e. The number of carbonyl (C=O) groups is 1. The molecule has 1 amide bonds. The van der Waals surface area contributed by atoms with Gasteiger partial charge in [-0.2, -0.15) is 11.3 Å². The van der Waals surface area contributed by atoms with Gasteiger partial charge in [0.05, 0.1) is 0 Å². The first-order valence-electron chi connectivity index (χ1n) is 8.12. The second kappa shape index (κ2) is 8.09. The maximum atomic E-state index is 11.9. The molecule has 4 heteroatoms. The molecule has 0 unspecified atom stereocenters. The fourth-order valence-corrected chi connectivity index (χ4v) is 3.40.